The summed E-state index contributed by atoms with van der Waals surface area (Å²) < 4.78 is 0. The standard InChI is InChI=1S/C8H19N.C2H6/c1-6-7-8(2,3)9(4)5;1-2/h6-7H2,1-5H3;1-2H3. The topological polar surface area (TPSA) is 3.24 Å². The van der Waals surface area contributed by atoms with E-state index in [1.807, 2.05) is 13.8 Å². The summed E-state index contributed by atoms with van der Waals surface area (Å²) >= 11 is 0. The molecule has 1 heteroatoms. The van der Waals surface area contributed by atoms with E-state index in [1.165, 1.54) is 12.8 Å². The van der Waals surface area contributed by atoms with Gasteiger partial charge in [0.2, 0.25) is 0 Å². The van der Waals surface area contributed by atoms with E-state index in [1.54, 1.807) is 0 Å². The molecule has 0 aromatic rings. The molecule has 0 unspecified atom stereocenters. The van der Waals surface area contributed by atoms with Crippen LogP contribution in [0.25, 0.3) is 0 Å². The van der Waals surface area contributed by atoms with Gasteiger partial charge in [-0.1, -0.05) is 27.2 Å². The van der Waals surface area contributed by atoms with Crippen molar-refractivity contribution in [1.82, 2.24) is 4.90 Å². The summed E-state index contributed by atoms with van der Waals surface area (Å²) in [6.07, 6.45) is 2.55. The summed E-state index contributed by atoms with van der Waals surface area (Å²) in [7, 11) is 4.27. The van der Waals surface area contributed by atoms with Crippen LogP contribution in [0.15, 0.2) is 0 Å². The highest BCUT2D eigenvalue weighted by Crippen LogP contribution is 2.16. The highest BCUT2D eigenvalue weighted by Gasteiger charge is 2.17. The lowest BCUT2D eigenvalue weighted by molar-refractivity contribution is 0.181. The molecule has 0 rings (SSSR count). The number of rotatable bonds is 3. The van der Waals surface area contributed by atoms with Crippen molar-refractivity contribution in [3.8, 4) is 0 Å². The molecule has 0 aliphatic carbocycles. The molecule has 0 atom stereocenters. The normalized spacial score (nSPS) is 10.9. The van der Waals surface area contributed by atoms with Crippen molar-refractivity contribution >= 4 is 0 Å². The SMILES string of the molecule is CC.CCCC(C)(C)N(C)C. The highest BCUT2D eigenvalue weighted by molar-refractivity contribution is 4.75. The fourth-order valence-corrected chi connectivity index (χ4v) is 0.835. The van der Waals surface area contributed by atoms with Crippen LogP contribution in [0.1, 0.15) is 47.5 Å². The number of hydrogen-bond acceptors (Lipinski definition) is 1. The maximum atomic E-state index is 2.27. The first kappa shape index (κ1) is 13.5. The molecular formula is C10H25N. The molecule has 0 spiro atoms. The third-order valence-corrected chi connectivity index (χ3v) is 2.07. The van der Waals surface area contributed by atoms with Crippen LogP contribution >= 0.6 is 0 Å². The van der Waals surface area contributed by atoms with Crippen LogP contribution in [0.5, 0.6) is 0 Å². The summed E-state index contributed by atoms with van der Waals surface area (Å²) in [6, 6.07) is 0. The van der Waals surface area contributed by atoms with Gasteiger partial charge < -0.3 is 4.90 Å². The first-order chi connectivity index (χ1) is 5.00. The third kappa shape index (κ3) is 6.36. The largest absolute Gasteiger partial charge is 0.304 e. The van der Waals surface area contributed by atoms with E-state index < -0.39 is 0 Å². The average Bonchev–Trinajstić information content (AvgIpc) is 1.92. The van der Waals surface area contributed by atoms with Crippen molar-refractivity contribution in [3.63, 3.8) is 0 Å². The van der Waals surface area contributed by atoms with Crippen LogP contribution in [0.3, 0.4) is 0 Å². The van der Waals surface area contributed by atoms with Gasteiger partial charge >= 0.3 is 0 Å². The predicted molar refractivity (Wildman–Crippen MR) is 54.0 cm³/mol. The smallest absolute Gasteiger partial charge is 0.0147 e. The Morgan fingerprint density at radius 2 is 1.45 bits per heavy atom. The summed E-state index contributed by atoms with van der Waals surface area (Å²) in [5.74, 6) is 0. The zero-order valence-corrected chi connectivity index (χ0v) is 9.36. The van der Waals surface area contributed by atoms with Gasteiger partial charge in [0.1, 0.15) is 0 Å². The molecule has 0 aliphatic heterocycles. The fourth-order valence-electron chi connectivity index (χ4n) is 0.835. The molecule has 0 aliphatic rings. The first-order valence-electron chi connectivity index (χ1n) is 4.68. The Hall–Kier alpha value is -0.0400. The Morgan fingerprint density at radius 1 is 1.09 bits per heavy atom. The molecule has 0 aromatic carbocycles. The van der Waals surface area contributed by atoms with E-state index in [-0.39, 0.29) is 0 Å². The van der Waals surface area contributed by atoms with Crippen LogP contribution in [0.2, 0.25) is 0 Å². The Balaban J connectivity index is 0. The van der Waals surface area contributed by atoms with Gasteiger partial charge in [0.25, 0.3) is 0 Å². The van der Waals surface area contributed by atoms with E-state index in [0.29, 0.717) is 5.54 Å². The average molecular weight is 159 g/mol. The number of hydrogen-bond donors (Lipinski definition) is 0. The van der Waals surface area contributed by atoms with Crippen molar-refractivity contribution < 1.29 is 0 Å². The summed E-state index contributed by atoms with van der Waals surface area (Å²) in [5.41, 5.74) is 0.384. The van der Waals surface area contributed by atoms with Crippen molar-refractivity contribution in [2.24, 2.45) is 0 Å². The Bertz CT molecular complexity index is 74.9. The van der Waals surface area contributed by atoms with E-state index in [4.69, 9.17) is 0 Å². The molecule has 0 saturated heterocycles. The quantitative estimate of drug-likeness (QED) is 0.611. The Labute approximate surface area is 72.8 Å². The van der Waals surface area contributed by atoms with Crippen molar-refractivity contribution in [3.05, 3.63) is 0 Å². The third-order valence-electron chi connectivity index (χ3n) is 2.07. The minimum absolute atomic E-state index is 0.384. The molecule has 0 fully saturated rings. The summed E-state index contributed by atoms with van der Waals surface area (Å²) in [6.45, 7) is 10.8. The zero-order valence-electron chi connectivity index (χ0n) is 9.36. The van der Waals surface area contributed by atoms with Gasteiger partial charge in [0.05, 0.1) is 0 Å². The van der Waals surface area contributed by atoms with E-state index >= 15 is 0 Å². The maximum Gasteiger partial charge on any atom is 0.0147 e. The molecule has 0 N–H and O–H groups in total. The maximum absolute atomic E-state index is 2.27. The summed E-state index contributed by atoms with van der Waals surface area (Å²) in [5, 5.41) is 0. The van der Waals surface area contributed by atoms with Gasteiger partial charge in [0.15, 0.2) is 0 Å². The Kier molecular flexibility index (Phi) is 8.20. The molecule has 0 saturated carbocycles. The Morgan fingerprint density at radius 3 is 1.55 bits per heavy atom. The second-order valence-electron chi connectivity index (χ2n) is 3.46. The summed E-state index contributed by atoms with van der Waals surface area (Å²) in [4.78, 5) is 2.27. The first-order valence-corrected chi connectivity index (χ1v) is 4.68. The van der Waals surface area contributed by atoms with Crippen LogP contribution in [-0.2, 0) is 0 Å². The fraction of sp³-hybridized carbons (Fsp3) is 1.00. The minimum Gasteiger partial charge on any atom is -0.304 e. The molecule has 0 bridgehead atoms. The second kappa shape index (κ2) is 6.66. The van der Waals surface area contributed by atoms with Gasteiger partial charge in [0, 0.05) is 5.54 Å². The lowest BCUT2D eigenvalue weighted by Crippen LogP contribution is -2.37. The second-order valence-corrected chi connectivity index (χ2v) is 3.46. The van der Waals surface area contributed by atoms with Crippen LogP contribution < -0.4 is 0 Å². The van der Waals surface area contributed by atoms with Crippen molar-refractivity contribution in [2.75, 3.05) is 14.1 Å². The van der Waals surface area contributed by atoms with Crippen molar-refractivity contribution in [1.29, 1.82) is 0 Å². The number of nitrogens with zero attached hydrogens (tertiary/aromatic N) is 1. The minimum atomic E-state index is 0.384. The molecule has 70 valence electrons. The molecule has 0 aromatic heterocycles. The van der Waals surface area contributed by atoms with Gasteiger partial charge in [-0.05, 0) is 34.4 Å². The van der Waals surface area contributed by atoms with Gasteiger partial charge in [-0.3, -0.25) is 0 Å². The van der Waals surface area contributed by atoms with E-state index in [2.05, 4.69) is 39.8 Å². The molecule has 0 amide bonds. The molecule has 0 heterocycles. The van der Waals surface area contributed by atoms with E-state index in [9.17, 15) is 0 Å². The van der Waals surface area contributed by atoms with Gasteiger partial charge in [-0.2, -0.15) is 0 Å². The van der Waals surface area contributed by atoms with Gasteiger partial charge in [-0.15, -0.1) is 0 Å². The lowest BCUT2D eigenvalue weighted by Gasteiger charge is -2.32. The molecule has 1 nitrogen and oxygen atoms in total. The van der Waals surface area contributed by atoms with Gasteiger partial charge in [-0.25, -0.2) is 0 Å². The van der Waals surface area contributed by atoms with Crippen LogP contribution in [0, 0.1) is 0 Å². The predicted octanol–water partition coefficient (Wildman–Crippen LogP) is 3.15. The molecular weight excluding hydrogens is 134 g/mol. The van der Waals surface area contributed by atoms with E-state index in [0.717, 1.165) is 0 Å². The highest BCUT2D eigenvalue weighted by atomic mass is 15.1. The van der Waals surface area contributed by atoms with Crippen LogP contribution in [0.4, 0.5) is 0 Å². The monoisotopic (exact) mass is 159 g/mol. The van der Waals surface area contributed by atoms with Crippen LogP contribution in [-0.4, -0.2) is 24.5 Å². The molecule has 11 heavy (non-hydrogen) atoms. The molecule has 0 radical (unpaired) electrons. The zero-order chi connectivity index (χ0) is 9.49. The lowest BCUT2D eigenvalue weighted by atomic mass is 9.98. The van der Waals surface area contributed by atoms with Crippen molar-refractivity contribution in [2.45, 2.75) is 53.0 Å².